The minimum Gasteiger partial charge on any atom is -0.380 e. The first-order chi connectivity index (χ1) is 6.06. The van der Waals surface area contributed by atoms with Gasteiger partial charge in [0.25, 0.3) is 0 Å². The SMILES string of the molecule is COC1C[C@@H](C(N)=O)N(C(N)=O)C1. The predicted octanol–water partition coefficient (Wildman–Crippen LogP) is -1.36. The minimum atomic E-state index is -0.636. The molecule has 0 aliphatic carbocycles. The van der Waals surface area contributed by atoms with Crippen LogP contribution in [0.15, 0.2) is 0 Å². The largest absolute Gasteiger partial charge is 0.380 e. The van der Waals surface area contributed by atoms with E-state index >= 15 is 0 Å². The molecule has 1 aliphatic rings. The molecule has 0 aromatic carbocycles. The molecule has 0 saturated carbocycles. The Morgan fingerprint density at radius 2 is 2.08 bits per heavy atom. The van der Waals surface area contributed by atoms with Gasteiger partial charge in [0, 0.05) is 20.1 Å². The van der Waals surface area contributed by atoms with E-state index < -0.39 is 18.0 Å². The summed E-state index contributed by atoms with van der Waals surface area (Å²) in [6, 6.07) is -1.26. The number of carbonyl (C=O) groups is 2. The highest BCUT2D eigenvalue weighted by atomic mass is 16.5. The van der Waals surface area contributed by atoms with Crippen molar-refractivity contribution in [2.75, 3.05) is 13.7 Å². The molecule has 0 aromatic heterocycles. The van der Waals surface area contributed by atoms with Crippen molar-refractivity contribution in [2.45, 2.75) is 18.6 Å². The Labute approximate surface area is 75.8 Å². The van der Waals surface area contributed by atoms with Gasteiger partial charge >= 0.3 is 6.03 Å². The third-order valence-electron chi connectivity index (χ3n) is 2.21. The molecule has 74 valence electrons. The maximum atomic E-state index is 10.9. The standard InChI is InChI=1S/C7H13N3O3/c1-13-4-2-5(6(8)11)10(3-4)7(9)12/h4-5H,2-3H2,1H3,(H2,8,11)(H2,9,12)/t4?,5-/m0/s1. The number of hydrogen-bond acceptors (Lipinski definition) is 3. The van der Waals surface area contributed by atoms with E-state index in [0.717, 1.165) is 0 Å². The van der Waals surface area contributed by atoms with E-state index in [9.17, 15) is 9.59 Å². The number of nitrogens with two attached hydrogens (primary N) is 2. The van der Waals surface area contributed by atoms with Gasteiger partial charge < -0.3 is 21.1 Å². The van der Waals surface area contributed by atoms with E-state index in [1.165, 1.54) is 12.0 Å². The van der Waals surface area contributed by atoms with Crippen LogP contribution in [-0.4, -0.2) is 42.6 Å². The fourth-order valence-electron chi connectivity index (χ4n) is 1.48. The maximum Gasteiger partial charge on any atom is 0.315 e. The summed E-state index contributed by atoms with van der Waals surface area (Å²) in [7, 11) is 1.52. The van der Waals surface area contributed by atoms with Gasteiger partial charge in [0.15, 0.2) is 0 Å². The van der Waals surface area contributed by atoms with E-state index in [-0.39, 0.29) is 6.10 Å². The van der Waals surface area contributed by atoms with E-state index in [2.05, 4.69) is 0 Å². The fraction of sp³-hybridized carbons (Fsp3) is 0.714. The molecule has 1 unspecified atom stereocenters. The highest BCUT2D eigenvalue weighted by molar-refractivity contribution is 5.86. The zero-order valence-corrected chi connectivity index (χ0v) is 7.40. The molecule has 1 aliphatic heterocycles. The lowest BCUT2D eigenvalue weighted by Gasteiger charge is -2.18. The van der Waals surface area contributed by atoms with Crippen molar-refractivity contribution in [1.29, 1.82) is 0 Å². The molecule has 1 saturated heterocycles. The molecule has 3 amide bonds. The van der Waals surface area contributed by atoms with Crippen molar-refractivity contribution in [3.63, 3.8) is 0 Å². The number of methoxy groups -OCH3 is 1. The van der Waals surface area contributed by atoms with Crippen LogP contribution in [0.2, 0.25) is 0 Å². The highest BCUT2D eigenvalue weighted by Crippen LogP contribution is 2.18. The van der Waals surface area contributed by atoms with Crippen molar-refractivity contribution in [3.05, 3.63) is 0 Å². The van der Waals surface area contributed by atoms with E-state index in [1.807, 2.05) is 0 Å². The zero-order chi connectivity index (χ0) is 10.0. The number of primary amides is 2. The van der Waals surface area contributed by atoms with Crippen LogP contribution in [0.1, 0.15) is 6.42 Å². The van der Waals surface area contributed by atoms with Gasteiger partial charge in [0.05, 0.1) is 6.10 Å². The Bertz CT molecular complexity index is 209. The van der Waals surface area contributed by atoms with Crippen molar-refractivity contribution in [3.8, 4) is 0 Å². The Balaban J connectivity index is 2.71. The molecule has 1 rings (SSSR count). The average Bonchev–Trinajstić information content (AvgIpc) is 2.47. The van der Waals surface area contributed by atoms with Gasteiger partial charge in [-0.3, -0.25) is 4.79 Å². The van der Waals surface area contributed by atoms with Gasteiger partial charge in [-0.15, -0.1) is 0 Å². The van der Waals surface area contributed by atoms with Gasteiger partial charge in [-0.1, -0.05) is 0 Å². The Kier molecular flexibility index (Phi) is 2.72. The number of hydrogen-bond donors (Lipinski definition) is 2. The van der Waals surface area contributed by atoms with Crippen LogP contribution < -0.4 is 11.5 Å². The second-order valence-corrected chi connectivity index (χ2v) is 3.00. The molecule has 6 heteroatoms. The molecular formula is C7H13N3O3. The van der Waals surface area contributed by atoms with Crippen molar-refractivity contribution >= 4 is 11.9 Å². The second kappa shape index (κ2) is 3.61. The van der Waals surface area contributed by atoms with Crippen LogP contribution in [0.25, 0.3) is 0 Å². The normalized spacial score (nSPS) is 27.6. The molecule has 0 spiro atoms. The number of urea groups is 1. The van der Waals surface area contributed by atoms with Crippen molar-refractivity contribution < 1.29 is 14.3 Å². The number of rotatable bonds is 2. The van der Waals surface area contributed by atoms with Crippen LogP contribution in [0.3, 0.4) is 0 Å². The fourth-order valence-corrected chi connectivity index (χ4v) is 1.48. The smallest absolute Gasteiger partial charge is 0.315 e. The van der Waals surface area contributed by atoms with Gasteiger partial charge in [-0.2, -0.15) is 0 Å². The van der Waals surface area contributed by atoms with Crippen molar-refractivity contribution in [1.82, 2.24) is 4.90 Å². The molecule has 2 atom stereocenters. The summed E-state index contributed by atoms with van der Waals surface area (Å²) in [5.41, 5.74) is 10.2. The lowest BCUT2D eigenvalue weighted by atomic mass is 10.2. The molecule has 1 fully saturated rings. The zero-order valence-electron chi connectivity index (χ0n) is 7.40. The first-order valence-corrected chi connectivity index (χ1v) is 3.94. The summed E-state index contributed by atoms with van der Waals surface area (Å²) in [6.45, 7) is 0.333. The topological polar surface area (TPSA) is 98.7 Å². The Morgan fingerprint density at radius 1 is 1.46 bits per heavy atom. The van der Waals surface area contributed by atoms with Crippen LogP contribution >= 0.6 is 0 Å². The lowest BCUT2D eigenvalue weighted by molar-refractivity contribution is -0.121. The molecule has 0 aromatic rings. The number of likely N-dealkylation sites (tertiary alicyclic amines) is 1. The van der Waals surface area contributed by atoms with E-state index in [0.29, 0.717) is 13.0 Å². The molecule has 0 bridgehead atoms. The van der Waals surface area contributed by atoms with E-state index in [4.69, 9.17) is 16.2 Å². The summed E-state index contributed by atoms with van der Waals surface area (Å²) < 4.78 is 5.01. The first kappa shape index (κ1) is 9.79. The summed E-state index contributed by atoms with van der Waals surface area (Å²) in [5.74, 6) is -0.543. The monoisotopic (exact) mass is 187 g/mol. The third-order valence-corrected chi connectivity index (χ3v) is 2.21. The van der Waals surface area contributed by atoms with Crippen LogP contribution in [-0.2, 0) is 9.53 Å². The quantitative estimate of drug-likeness (QED) is 0.558. The average molecular weight is 187 g/mol. The molecule has 13 heavy (non-hydrogen) atoms. The Hall–Kier alpha value is -1.30. The van der Waals surface area contributed by atoms with Crippen molar-refractivity contribution in [2.24, 2.45) is 11.5 Å². The summed E-state index contributed by atoms with van der Waals surface area (Å²) >= 11 is 0. The van der Waals surface area contributed by atoms with Gasteiger partial charge in [0.2, 0.25) is 5.91 Å². The number of carbonyl (C=O) groups excluding carboxylic acids is 2. The maximum absolute atomic E-state index is 10.9. The summed E-state index contributed by atoms with van der Waals surface area (Å²) in [6.07, 6.45) is 0.277. The predicted molar refractivity (Wildman–Crippen MR) is 44.7 cm³/mol. The lowest BCUT2D eigenvalue weighted by Crippen LogP contribution is -2.46. The van der Waals surface area contributed by atoms with Crippen LogP contribution in [0, 0.1) is 0 Å². The molecule has 1 heterocycles. The van der Waals surface area contributed by atoms with Gasteiger partial charge in [-0.25, -0.2) is 4.79 Å². The number of nitrogens with zero attached hydrogens (tertiary/aromatic N) is 1. The Morgan fingerprint density at radius 3 is 2.38 bits per heavy atom. The van der Waals surface area contributed by atoms with Gasteiger partial charge in [0.1, 0.15) is 6.04 Å². The molecule has 0 radical (unpaired) electrons. The van der Waals surface area contributed by atoms with Gasteiger partial charge in [-0.05, 0) is 0 Å². The van der Waals surface area contributed by atoms with Crippen LogP contribution in [0.5, 0.6) is 0 Å². The highest BCUT2D eigenvalue weighted by Gasteiger charge is 2.37. The van der Waals surface area contributed by atoms with Crippen LogP contribution in [0.4, 0.5) is 4.79 Å². The summed E-state index contributed by atoms with van der Waals surface area (Å²) in [4.78, 5) is 23.0. The number of amides is 3. The molecule has 6 nitrogen and oxygen atoms in total. The first-order valence-electron chi connectivity index (χ1n) is 3.94. The minimum absolute atomic E-state index is 0.148. The third kappa shape index (κ3) is 1.89. The van der Waals surface area contributed by atoms with E-state index in [1.54, 1.807) is 0 Å². The summed E-state index contributed by atoms with van der Waals surface area (Å²) in [5, 5.41) is 0. The number of ether oxygens (including phenoxy) is 1. The molecule has 4 N–H and O–H groups in total. The molecular weight excluding hydrogens is 174 g/mol. The second-order valence-electron chi connectivity index (χ2n) is 3.00.